The molecule has 2 unspecified atom stereocenters. The molecule has 140 valence electrons. The normalized spacial score (nSPS) is 20.9. The molecule has 2 atom stereocenters. The van der Waals surface area contributed by atoms with E-state index in [9.17, 15) is 14.3 Å². The number of nitrogens with zero attached hydrogens (tertiary/aromatic N) is 1. The Kier molecular flexibility index (Phi) is 5.21. The maximum atomic E-state index is 13.8. The molecule has 1 aliphatic heterocycles. The summed E-state index contributed by atoms with van der Waals surface area (Å²) in [4.78, 5) is 11.2. The summed E-state index contributed by atoms with van der Waals surface area (Å²) >= 11 is 0. The van der Waals surface area contributed by atoms with Crippen LogP contribution >= 0.6 is 0 Å². The third-order valence-corrected chi connectivity index (χ3v) is 4.23. The predicted octanol–water partition coefficient (Wildman–Crippen LogP) is 0.847. The maximum absolute atomic E-state index is 13.8. The van der Waals surface area contributed by atoms with E-state index in [1.165, 1.54) is 44.6 Å². The van der Waals surface area contributed by atoms with Gasteiger partial charge in [0, 0.05) is 25.8 Å². The standard InChI is InChI=1S/C17H20FN3O5/c1-24-8-17(9-25-2)16(23)15(19-13-5-6-14(22)21-20-13)11-7-10(18)3-4-12(11)26-17/h3-7,15-16,23H,8-9H2,1-2H3,(H,19,20)(H,21,22). The molecule has 2 aromatic rings. The Hall–Kier alpha value is -2.49. The minimum absolute atomic E-state index is 0.0516. The SMILES string of the molecule is COCC1(COC)Oc2ccc(F)cc2C(Nc2ccc(=O)[nH]n2)C1O. The summed E-state index contributed by atoms with van der Waals surface area (Å²) in [5, 5.41) is 20.2. The van der Waals surface area contributed by atoms with Gasteiger partial charge in [0.2, 0.25) is 0 Å². The number of ether oxygens (including phenoxy) is 3. The summed E-state index contributed by atoms with van der Waals surface area (Å²) < 4.78 is 30.2. The number of anilines is 1. The molecule has 0 radical (unpaired) electrons. The molecule has 1 aliphatic rings. The molecule has 0 fully saturated rings. The van der Waals surface area contributed by atoms with Crippen LogP contribution < -0.4 is 15.6 Å². The minimum Gasteiger partial charge on any atom is -0.479 e. The van der Waals surface area contributed by atoms with Crippen molar-refractivity contribution in [3.8, 4) is 5.75 Å². The fraction of sp³-hybridized carbons (Fsp3) is 0.412. The summed E-state index contributed by atoms with van der Waals surface area (Å²) in [6, 6.07) is 6.05. The van der Waals surface area contributed by atoms with Gasteiger partial charge in [0.1, 0.15) is 23.5 Å². The van der Waals surface area contributed by atoms with Crippen LogP contribution in [-0.2, 0) is 9.47 Å². The second kappa shape index (κ2) is 7.40. The lowest BCUT2D eigenvalue weighted by Gasteiger charge is -2.45. The molecular formula is C17H20FN3O5. The number of H-pyrrole nitrogens is 1. The van der Waals surface area contributed by atoms with Crippen LogP contribution in [-0.4, -0.2) is 54.4 Å². The van der Waals surface area contributed by atoms with Gasteiger partial charge in [0.05, 0.1) is 19.3 Å². The lowest BCUT2D eigenvalue weighted by molar-refractivity contribution is -0.142. The molecular weight excluding hydrogens is 345 g/mol. The highest BCUT2D eigenvalue weighted by atomic mass is 19.1. The summed E-state index contributed by atoms with van der Waals surface area (Å²) in [6.45, 7) is 0.103. The molecule has 0 spiro atoms. The number of hydrogen-bond donors (Lipinski definition) is 3. The van der Waals surface area contributed by atoms with Gasteiger partial charge in [-0.05, 0) is 24.3 Å². The van der Waals surface area contributed by atoms with Gasteiger partial charge in [-0.2, -0.15) is 5.10 Å². The number of methoxy groups -OCH3 is 2. The highest BCUT2D eigenvalue weighted by Gasteiger charge is 2.50. The lowest BCUT2D eigenvalue weighted by Crippen LogP contribution is -2.60. The molecule has 0 saturated carbocycles. The molecule has 1 aromatic carbocycles. The lowest BCUT2D eigenvalue weighted by atomic mass is 9.84. The molecule has 1 aromatic heterocycles. The van der Waals surface area contributed by atoms with E-state index in [0.717, 1.165) is 0 Å². The average Bonchev–Trinajstić information content (AvgIpc) is 2.62. The van der Waals surface area contributed by atoms with Crippen LogP contribution in [0.5, 0.6) is 5.75 Å². The van der Waals surface area contributed by atoms with Crippen molar-refractivity contribution in [3.63, 3.8) is 0 Å². The topological polar surface area (TPSA) is 106 Å². The second-order valence-electron chi connectivity index (χ2n) is 6.09. The van der Waals surface area contributed by atoms with Gasteiger partial charge >= 0.3 is 0 Å². The van der Waals surface area contributed by atoms with E-state index in [1.807, 2.05) is 0 Å². The number of nitrogens with one attached hydrogen (secondary N) is 2. The zero-order valence-corrected chi connectivity index (χ0v) is 14.4. The number of aromatic amines is 1. The number of aromatic nitrogens is 2. The van der Waals surface area contributed by atoms with Crippen molar-refractivity contribution >= 4 is 5.82 Å². The number of halogens is 1. The highest BCUT2D eigenvalue weighted by molar-refractivity contribution is 5.47. The van der Waals surface area contributed by atoms with Gasteiger partial charge in [-0.3, -0.25) is 4.79 Å². The Bertz CT molecular complexity index is 802. The number of rotatable bonds is 6. The van der Waals surface area contributed by atoms with Crippen LogP contribution in [0.3, 0.4) is 0 Å². The summed E-state index contributed by atoms with van der Waals surface area (Å²) in [7, 11) is 2.97. The largest absolute Gasteiger partial charge is 0.479 e. The molecule has 0 bridgehead atoms. The summed E-state index contributed by atoms with van der Waals surface area (Å²) in [6.07, 6.45) is -1.15. The smallest absolute Gasteiger partial charge is 0.264 e. The van der Waals surface area contributed by atoms with Crippen LogP contribution in [0.25, 0.3) is 0 Å². The van der Waals surface area contributed by atoms with Crippen LogP contribution in [0.15, 0.2) is 35.1 Å². The van der Waals surface area contributed by atoms with Crippen molar-refractivity contribution in [1.82, 2.24) is 10.2 Å². The molecule has 0 amide bonds. The van der Waals surface area contributed by atoms with Crippen molar-refractivity contribution < 1.29 is 23.7 Å². The third kappa shape index (κ3) is 3.41. The molecule has 0 saturated heterocycles. The van der Waals surface area contributed by atoms with Gasteiger partial charge in [-0.1, -0.05) is 0 Å². The number of hydrogen-bond acceptors (Lipinski definition) is 7. The number of benzene rings is 1. The molecule has 0 aliphatic carbocycles. The fourth-order valence-electron chi connectivity index (χ4n) is 3.11. The number of aliphatic hydroxyl groups is 1. The Morgan fingerprint density at radius 1 is 1.31 bits per heavy atom. The van der Waals surface area contributed by atoms with Crippen LogP contribution in [0.4, 0.5) is 10.2 Å². The zero-order valence-electron chi connectivity index (χ0n) is 14.4. The monoisotopic (exact) mass is 365 g/mol. The summed E-state index contributed by atoms with van der Waals surface area (Å²) in [5.41, 5.74) is -1.13. The highest BCUT2D eigenvalue weighted by Crippen LogP contribution is 2.42. The van der Waals surface area contributed by atoms with Crippen molar-refractivity contribution in [2.75, 3.05) is 32.8 Å². The first-order chi connectivity index (χ1) is 12.5. The molecule has 3 rings (SSSR count). The zero-order chi connectivity index (χ0) is 18.7. The molecule has 2 heterocycles. The average molecular weight is 365 g/mol. The van der Waals surface area contributed by atoms with E-state index in [0.29, 0.717) is 17.1 Å². The van der Waals surface area contributed by atoms with E-state index < -0.39 is 23.6 Å². The fourth-order valence-corrected chi connectivity index (χ4v) is 3.11. The van der Waals surface area contributed by atoms with Crippen LogP contribution in [0.2, 0.25) is 0 Å². The van der Waals surface area contributed by atoms with Crippen molar-refractivity contribution in [3.05, 3.63) is 52.1 Å². The van der Waals surface area contributed by atoms with Crippen LogP contribution in [0, 0.1) is 5.82 Å². The van der Waals surface area contributed by atoms with Gasteiger partial charge in [-0.15, -0.1) is 0 Å². The molecule has 9 heteroatoms. The van der Waals surface area contributed by atoms with E-state index in [-0.39, 0.29) is 18.8 Å². The van der Waals surface area contributed by atoms with Gasteiger partial charge in [0.25, 0.3) is 5.56 Å². The predicted molar refractivity (Wildman–Crippen MR) is 90.7 cm³/mol. The first-order valence-corrected chi connectivity index (χ1v) is 7.96. The maximum Gasteiger partial charge on any atom is 0.264 e. The van der Waals surface area contributed by atoms with E-state index in [4.69, 9.17) is 14.2 Å². The molecule has 26 heavy (non-hydrogen) atoms. The van der Waals surface area contributed by atoms with Crippen LogP contribution in [0.1, 0.15) is 11.6 Å². The first-order valence-electron chi connectivity index (χ1n) is 7.96. The minimum atomic E-state index is -1.20. The van der Waals surface area contributed by atoms with Gasteiger partial charge < -0.3 is 24.6 Å². The van der Waals surface area contributed by atoms with E-state index >= 15 is 0 Å². The van der Waals surface area contributed by atoms with Gasteiger partial charge in [0.15, 0.2) is 5.60 Å². The van der Waals surface area contributed by atoms with Crippen molar-refractivity contribution in [2.45, 2.75) is 17.7 Å². The van der Waals surface area contributed by atoms with E-state index in [1.54, 1.807) is 0 Å². The van der Waals surface area contributed by atoms with E-state index in [2.05, 4.69) is 15.5 Å². The molecule has 3 N–H and O–H groups in total. The Balaban J connectivity index is 2.05. The third-order valence-electron chi connectivity index (χ3n) is 4.23. The second-order valence-corrected chi connectivity index (χ2v) is 6.09. The quantitative estimate of drug-likeness (QED) is 0.697. The Morgan fingerprint density at radius 3 is 2.65 bits per heavy atom. The Labute approximate surface area is 148 Å². The number of fused-ring (bicyclic) bond motifs is 1. The number of aliphatic hydroxyl groups excluding tert-OH is 1. The molecule has 8 nitrogen and oxygen atoms in total. The van der Waals surface area contributed by atoms with Crippen molar-refractivity contribution in [1.29, 1.82) is 0 Å². The Morgan fingerprint density at radius 2 is 2.04 bits per heavy atom. The van der Waals surface area contributed by atoms with Gasteiger partial charge in [-0.25, -0.2) is 9.49 Å². The summed E-state index contributed by atoms with van der Waals surface area (Å²) in [5.74, 6) is 0.244. The van der Waals surface area contributed by atoms with Crippen molar-refractivity contribution in [2.24, 2.45) is 0 Å². The first kappa shape index (κ1) is 18.3.